The van der Waals surface area contributed by atoms with Crippen LogP contribution in [0.1, 0.15) is 17.5 Å². The van der Waals surface area contributed by atoms with Crippen molar-refractivity contribution in [3.05, 3.63) is 59.7 Å². The number of aliphatic imine (C=N–C) groups is 1. The van der Waals surface area contributed by atoms with Crippen LogP contribution < -0.4 is 11.1 Å². The number of benzene rings is 2. The van der Waals surface area contributed by atoms with Crippen LogP contribution in [0.25, 0.3) is 0 Å². The van der Waals surface area contributed by atoms with E-state index in [9.17, 15) is 0 Å². The van der Waals surface area contributed by atoms with Gasteiger partial charge in [0.25, 0.3) is 0 Å². The molecule has 0 atom stereocenters. The molecule has 0 bridgehead atoms. The third-order valence-electron chi connectivity index (χ3n) is 3.38. The fourth-order valence-electron chi connectivity index (χ4n) is 2.35. The maximum atomic E-state index is 5.84. The summed E-state index contributed by atoms with van der Waals surface area (Å²) in [5, 5.41) is 3.40. The summed E-state index contributed by atoms with van der Waals surface area (Å²) in [6, 6.07) is 16.5. The van der Waals surface area contributed by atoms with Gasteiger partial charge in [-0.3, -0.25) is 4.99 Å². The largest absolute Gasteiger partial charge is 0.399 e. The van der Waals surface area contributed by atoms with Crippen LogP contribution in [0.4, 0.5) is 5.69 Å². The quantitative estimate of drug-likeness (QED) is 0.672. The third-order valence-corrected chi connectivity index (χ3v) is 4.53. The van der Waals surface area contributed by atoms with Gasteiger partial charge in [-0.05, 0) is 30.2 Å². The van der Waals surface area contributed by atoms with Crippen LogP contribution in [-0.4, -0.2) is 18.9 Å². The highest BCUT2D eigenvalue weighted by Gasteiger charge is 2.11. The highest BCUT2D eigenvalue weighted by atomic mass is 32.2. The van der Waals surface area contributed by atoms with Crippen LogP contribution in [-0.2, 0) is 5.75 Å². The minimum Gasteiger partial charge on any atom is -0.399 e. The van der Waals surface area contributed by atoms with Gasteiger partial charge in [0, 0.05) is 35.0 Å². The molecule has 21 heavy (non-hydrogen) atoms. The SMILES string of the molecule is Nc1cccc(CSc2ccccc2C2=NCCCN2)c1. The monoisotopic (exact) mass is 297 g/mol. The summed E-state index contributed by atoms with van der Waals surface area (Å²) in [6.45, 7) is 1.92. The molecule has 1 aliphatic rings. The topological polar surface area (TPSA) is 50.4 Å². The van der Waals surface area contributed by atoms with Gasteiger partial charge in [0.05, 0.1) is 0 Å². The molecule has 2 aromatic rings. The number of nitrogens with one attached hydrogen (secondary N) is 1. The van der Waals surface area contributed by atoms with E-state index in [0.717, 1.165) is 36.8 Å². The molecule has 108 valence electrons. The van der Waals surface area contributed by atoms with Crippen molar-refractivity contribution in [1.29, 1.82) is 0 Å². The zero-order valence-corrected chi connectivity index (χ0v) is 12.7. The van der Waals surface area contributed by atoms with Gasteiger partial charge in [-0.2, -0.15) is 0 Å². The Morgan fingerprint density at radius 1 is 1.14 bits per heavy atom. The fourth-order valence-corrected chi connectivity index (χ4v) is 3.34. The molecule has 0 aliphatic carbocycles. The lowest BCUT2D eigenvalue weighted by molar-refractivity contribution is 0.741. The minimum absolute atomic E-state index is 0.819. The van der Waals surface area contributed by atoms with Gasteiger partial charge in [0.2, 0.25) is 0 Å². The zero-order chi connectivity index (χ0) is 14.5. The molecule has 0 unspecified atom stereocenters. The molecule has 4 heteroatoms. The molecule has 0 radical (unpaired) electrons. The fraction of sp³-hybridized carbons (Fsp3) is 0.235. The van der Waals surface area contributed by atoms with E-state index >= 15 is 0 Å². The highest BCUT2D eigenvalue weighted by Crippen LogP contribution is 2.27. The van der Waals surface area contributed by atoms with Gasteiger partial charge in [0.1, 0.15) is 5.84 Å². The number of nitrogen functional groups attached to an aromatic ring is 1. The van der Waals surface area contributed by atoms with Crippen molar-refractivity contribution in [2.45, 2.75) is 17.1 Å². The van der Waals surface area contributed by atoms with E-state index in [1.165, 1.54) is 16.0 Å². The Morgan fingerprint density at radius 3 is 2.86 bits per heavy atom. The molecule has 3 N–H and O–H groups in total. The molecule has 0 aromatic heterocycles. The van der Waals surface area contributed by atoms with Gasteiger partial charge < -0.3 is 11.1 Å². The van der Waals surface area contributed by atoms with E-state index in [4.69, 9.17) is 5.73 Å². The molecule has 1 aliphatic heterocycles. The molecule has 0 saturated carbocycles. The second-order valence-electron chi connectivity index (χ2n) is 5.04. The number of hydrogen-bond acceptors (Lipinski definition) is 4. The van der Waals surface area contributed by atoms with Crippen LogP contribution in [0, 0.1) is 0 Å². The average Bonchev–Trinajstić information content (AvgIpc) is 2.54. The Bertz CT molecular complexity index is 652. The van der Waals surface area contributed by atoms with E-state index < -0.39 is 0 Å². The summed E-state index contributed by atoms with van der Waals surface area (Å²) in [4.78, 5) is 5.86. The minimum atomic E-state index is 0.819. The van der Waals surface area contributed by atoms with Gasteiger partial charge in [-0.25, -0.2) is 0 Å². The summed E-state index contributed by atoms with van der Waals surface area (Å²) < 4.78 is 0. The molecule has 3 rings (SSSR count). The van der Waals surface area contributed by atoms with Crippen LogP contribution in [0.5, 0.6) is 0 Å². The smallest absolute Gasteiger partial charge is 0.129 e. The number of nitrogens with two attached hydrogens (primary N) is 1. The van der Waals surface area contributed by atoms with E-state index in [1.54, 1.807) is 0 Å². The van der Waals surface area contributed by atoms with Crippen LogP contribution >= 0.6 is 11.8 Å². The molecular formula is C17H19N3S. The molecular weight excluding hydrogens is 278 g/mol. The summed E-state index contributed by atoms with van der Waals surface area (Å²) >= 11 is 1.83. The zero-order valence-electron chi connectivity index (χ0n) is 11.9. The molecule has 3 nitrogen and oxygen atoms in total. The van der Waals surface area contributed by atoms with Crippen molar-refractivity contribution in [1.82, 2.24) is 5.32 Å². The Labute approximate surface area is 129 Å². The van der Waals surface area contributed by atoms with Crippen LogP contribution in [0.3, 0.4) is 0 Å². The Balaban J connectivity index is 1.78. The van der Waals surface area contributed by atoms with Crippen molar-refractivity contribution in [3.63, 3.8) is 0 Å². The van der Waals surface area contributed by atoms with E-state index in [1.807, 2.05) is 30.0 Å². The van der Waals surface area contributed by atoms with Crippen molar-refractivity contribution in [2.75, 3.05) is 18.8 Å². The molecule has 0 spiro atoms. The molecule has 1 heterocycles. The maximum absolute atomic E-state index is 5.84. The summed E-state index contributed by atoms with van der Waals surface area (Å²) in [7, 11) is 0. The first-order valence-corrected chi connectivity index (χ1v) is 8.16. The van der Waals surface area contributed by atoms with Gasteiger partial charge in [-0.15, -0.1) is 11.8 Å². The lowest BCUT2D eigenvalue weighted by Gasteiger charge is -2.17. The first kappa shape index (κ1) is 14.0. The normalized spacial score (nSPS) is 14.4. The van der Waals surface area contributed by atoms with Crippen molar-refractivity contribution < 1.29 is 0 Å². The molecule has 0 saturated heterocycles. The second kappa shape index (κ2) is 6.68. The third kappa shape index (κ3) is 3.58. The highest BCUT2D eigenvalue weighted by molar-refractivity contribution is 7.98. The Kier molecular flexibility index (Phi) is 4.46. The lowest BCUT2D eigenvalue weighted by atomic mass is 10.2. The number of thioether (sulfide) groups is 1. The standard InChI is InChI=1S/C17H19N3S/c18-14-6-3-5-13(11-14)12-21-16-8-2-1-7-15(16)17-19-9-4-10-20-17/h1-3,5-8,11H,4,9-10,12,18H2,(H,19,20). The van der Waals surface area contributed by atoms with Crippen LogP contribution in [0.2, 0.25) is 0 Å². The summed E-state index contributed by atoms with van der Waals surface area (Å²) in [5.41, 5.74) is 9.10. The molecule has 0 amide bonds. The Hall–Kier alpha value is -1.94. The van der Waals surface area contributed by atoms with E-state index in [-0.39, 0.29) is 0 Å². The number of anilines is 1. The first-order chi connectivity index (χ1) is 10.3. The lowest BCUT2D eigenvalue weighted by Crippen LogP contribution is -2.30. The van der Waals surface area contributed by atoms with Gasteiger partial charge in [0.15, 0.2) is 0 Å². The molecule has 0 fully saturated rings. The van der Waals surface area contributed by atoms with Gasteiger partial charge >= 0.3 is 0 Å². The average molecular weight is 297 g/mol. The maximum Gasteiger partial charge on any atom is 0.129 e. The van der Waals surface area contributed by atoms with Crippen molar-refractivity contribution >= 4 is 23.3 Å². The number of rotatable bonds is 4. The predicted octanol–water partition coefficient (Wildman–Crippen LogP) is 3.30. The summed E-state index contributed by atoms with van der Waals surface area (Å²) in [5.74, 6) is 1.94. The Morgan fingerprint density at radius 2 is 2.05 bits per heavy atom. The summed E-state index contributed by atoms with van der Waals surface area (Å²) in [6.07, 6.45) is 1.11. The second-order valence-corrected chi connectivity index (χ2v) is 6.06. The van der Waals surface area contributed by atoms with Crippen molar-refractivity contribution in [2.24, 2.45) is 4.99 Å². The molecule has 2 aromatic carbocycles. The first-order valence-electron chi connectivity index (χ1n) is 7.18. The number of amidine groups is 1. The van der Waals surface area contributed by atoms with Crippen molar-refractivity contribution in [3.8, 4) is 0 Å². The van der Waals surface area contributed by atoms with Gasteiger partial charge in [-0.1, -0.05) is 30.3 Å². The van der Waals surface area contributed by atoms with E-state index in [0.29, 0.717) is 0 Å². The predicted molar refractivity (Wildman–Crippen MR) is 90.9 cm³/mol. The number of hydrogen-bond donors (Lipinski definition) is 2. The number of nitrogens with zero attached hydrogens (tertiary/aromatic N) is 1. The van der Waals surface area contributed by atoms with E-state index in [2.05, 4.69) is 40.6 Å². The van der Waals surface area contributed by atoms with Crippen LogP contribution in [0.15, 0.2) is 58.4 Å².